The standard InChI is InChI=1S/C15H21F3/c1-3-4-5-6-9-12(2)13-10-7-8-11-14(13)15(16,17)18/h7-8,10-12H,3-6,9H2,1-2H3. The van der Waals surface area contributed by atoms with E-state index in [9.17, 15) is 13.2 Å². The van der Waals surface area contributed by atoms with Gasteiger partial charge in [-0.25, -0.2) is 0 Å². The number of hydrogen-bond donors (Lipinski definition) is 0. The van der Waals surface area contributed by atoms with Gasteiger partial charge in [0.2, 0.25) is 0 Å². The second-order valence-electron chi connectivity index (χ2n) is 4.84. The Balaban J connectivity index is 2.70. The molecule has 0 saturated heterocycles. The third kappa shape index (κ3) is 4.35. The van der Waals surface area contributed by atoms with E-state index >= 15 is 0 Å². The van der Waals surface area contributed by atoms with Crippen molar-refractivity contribution in [2.45, 2.75) is 58.0 Å². The van der Waals surface area contributed by atoms with Crippen LogP contribution in [0.2, 0.25) is 0 Å². The Kier molecular flexibility index (Phi) is 5.70. The van der Waals surface area contributed by atoms with Crippen molar-refractivity contribution in [1.29, 1.82) is 0 Å². The molecule has 0 spiro atoms. The number of alkyl halides is 3. The van der Waals surface area contributed by atoms with Crippen molar-refractivity contribution in [2.75, 3.05) is 0 Å². The summed E-state index contributed by atoms with van der Waals surface area (Å²) >= 11 is 0. The molecule has 0 aliphatic carbocycles. The number of hydrogen-bond acceptors (Lipinski definition) is 0. The molecule has 1 rings (SSSR count). The van der Waals surface area contributed by atoms with Gasteiger partial charge in [0.15, 0.2) is 0 Å². The Morgan fingerprint density at radius 1 is 1.06 bits per heavy atom. The Morgan fingerprint density at radius 2 is 1.72 bits per heavy atom. The van der Waals surface area contributed by atoms with Gasteiger partial charge in [-0.15, -0.1) is 0 Å². The molecule has 0 aliphatic heterocycles. The van der Waals surface area contributed by atoms with Crippen molar-refractivity contribution in [3.8, 4) is 0 Å². The molecule has 18 heavy (non-hydrogen) atoms. The highest BCUT2D eigenvalue weighted by atomic mass is 19.4. The van der Waals surface area contributed by atoms with Crippen LogP contribution in [0.25, 0.3) is 0 Å². The molecule has 0 bridgehead atoms. The van der Waals surface area contributed by atoms with Gasteiger partial charge in [0.05, 0.1) is 5.56 Å². The number of halogens is 3. The molecule has 0 aromatic heterocycles. The summed E-state index contributed by atoms with van der Waals surface area (Å²) in [5.41, 5.74) is -0.0468. The maximum atomic E-state index is 12.9. The first-order valence-corrected chi connectivity index (χ1v) is 6.63. The van der Waals surface area contributed by atoms with Gasteiger partial charge in [0.25, 0.3) is 0 Å². The molecule has 0 saturated carbocycles. The van der Waals surface area contributed by atoms with Crippen LogP contribution < -0.4 is 0 Å². The Labute approximate surface area is 107 Å². The summed E-state index contributed by atoms with van der Waals surface area (Å²) in [6.07, 6.45) is 0.999. The van der Waals surface area contributed by atoms with Crippen molar-refractivity contribution in [3.05, 3.63) is 35.4 Å². The normalized spacial score (nSPS) is 13.6. The van der Waals surface area contributed by atoms with Crippen molar-refractivity contribution in [1.82, 2.24) is 0 Å². The average Bonchev–Trinajstić information content (AvgIpc) is 2.33. The molecule has 0 fully saturated rings. The zero-order valence-corrected chi connectivity index (χ0v) is 11.1. The summed E-state index contributed by atoms with van der Waals surface area (Å²) < 4.78 is 38.6. The lowest BCUT2D eigenvalue weighted by molar-refractivity contribution is -0.138. The second-order valence-corrected chi connectivity index (χ2v) is 4.84. The Bertz CT molecular complexity index is 355. The second kappa shape index (κ2) is 6.81. The highest BCUT2D eigenvalue weighted by Gasteiger charge is 2.33. The zero-order valence-electron chi connectivity index (χ0n) is 11.1. The fourth-order valence-corrected chi connectivity index (χ4v) is 2.22. The van der Waals surface area contributed by atoms with Gasteiger partial charge in [0, 0.05) is 0 Å². The zero-order chi connectivity index (χ0) is 13.6. The summed E-state index contributed by atoms with van der Waals surface area (Å²) in [6, 6.07) is 5.93. The van der Waals surface area contributed by atoms with Crippen LogP contribution in [0.15, 0.2) is 24.3 Å². The summed E-state index contributed by atoms with van der Waals surface area (Å²) in [4.78, 5) is 0. The summed E-state index contributed by atoms with van der Waals surface area (Å²) in [6.45, 7) is 4.01. The maximum absolute atomic E-state index is 12.9. The molecular weight excluding hydrogens is 237 g/mol. The lowest BCUT2D eigenvalue weighted by Gasteiger charge is -2.18. The maximum Gasteiger partial charge on any atom is 0.416 e. The fourth-order valence-electron chi connectivity index (χ4n) is 2.22. The van der Waals surface area contributed by atoms with Crippen molar-refractivity contribution in [2.24, 2.45) is 0 Å². The van der Waals surface area contributed by atoms with E-state index in [1.54, 1.807) is 12.1 Å². The van der Waals surface area contributed by atoms with Crippen LogP contribution in [0.1, 0.15) is 63.0 Å². The van der Waals surface area contributed by atoms with Gasteiger partial charge in [0.1, 0.15) is 0 Å². The topological polar surface area (TPSA) is 0 Å². The molecular formula is C15H21F3. The van der Waals surface area contributed by atoms with E-state index in [4.69, 9.17) is 0 Å². The number of rotatable bonds is 6. The molecule has 1 aromatic rings. The minimum absolute atomic E-state index is 0.0281. The molecule has 1 unspecified atom stereocenters. The summed E-state index contributed by atoms with van der Waals surface area (Å²) in [5.74, 6) is -0.0281. The van der Waals surface area contributed by atoms with Crippen LogP contribution in [0.5, 0.6) is 0 Å². The SMILES string of the molecule is CCCCCCC(C)c1ccccc1C(F)(F)F. The molecule has 0 amide bonds. The van der Waals surface area contributed by atoms with Crippen LogP contribution in [-0.4, -0.2) is 0 Å². The van der Waals surface area contributed by atoms with E-state index < -0.39 is 11.7 Å². The van der Waals surface area contributed by atoms with Gasteiger partial charge in [-0.3, -0.25) is 0 Å². The monoisotopic (exact) mass is 258 g/mol. The number of benzene rings is 1. The van der Waals surface area contributed by atoms with E-state index in [1.807, 2.05) is 6.92 Å². The van der Waals surface area contributed by atoms with Crippen molar-refractivity contribution in [3.63, 3.8) is 0 Å². The fraction of sp³-hybridized carbons (Fsp3) is 0.600. The van der Waals surface area contributed by atoms with E-state index in [-0.39, 0.29) is 5.92 Å². The quantitative estimate of drug-likeness (QED) is 0.567. The molecule has 1 atom stereocenters. The third-order valence-corrected chi connectivity index (χ3v) is 3.29. The van der Waals surface area contributed by atoms with Crippen molar-refractivity contribution >= 4 is 0 Å². The first kappa shape index (κ1) is 15.1. The van der Waals surface area contributed by atoms with E-state index in [0.717, 1.165) is 32.1 Å². The van der Waals surface area contributed by atoms with Gasteiger partial charge >= 0.3 is 6.18 Å². The van der Waals surface area contributed by atoms with Crippen LogP contribution in [0.4, 0.5) is 13.2 Å². The molecule has 0 radical (unpaired) electrons. The molecule has 1 aromatic carbocycles. The minimum Gasteiger partial charge on any atom is -0.166 e. The molecule has 3 heteroatoms. The predicted octanol–water partition coefficient (Wildman–Crippen LogP) is 5.78. The highest BCUT2D eigenvalue weighted by Crippen LogP contribution is 2.36. The minimum atomic E-state index is -4.24. The molecule has 0 N–H and O–H groups in total. The summed E-state index contributed by atoms with van der Waals surface area (Å²) in [5, 5.41) is 0. The first-order chi connectivity index (χ1) is 8.46. The lowest BCUT2D eigenvalue weighted by atomic mass is 9.91. The smallest absolute Gasteiger partial charge is 0.166 e. The molecule has 0 aliphatic rings. The highest BCUT2D eigenvalue weighted by molar-refractivity contribution is 5.32. The lowest BCUT2D eigenvalue weighted by Crippen LogP contribution is -2.10. The largest absolute Gasteiger partial charge is 0.416 e. The third-order valence-electron chi connectivity index (χ3n) is 3.29. The van der Waals surface area contributed by atoms with Crippen LogP contribution in [0, 0.1) is 0 Å². The summed E-state index contributed by atoms with van der Waals surface area (Å²) in [7, 11) is 0. The van der Waals surface area contributed by atoms with Crippen LogP contribution in [-0.2, 0) is 6.18 Å². The van der Waals surface area contributed by atoms with Gasteiger partial charge in [-0.2, -0.15) is 13.2 Å². The molecule has 0 nitrogen and oxygen atoms in total. The van der Waals surface area contributed by atoms with Gasteiger partial charge in [-0.1, -0.05) is 57.7 Å². The van der Waals surface area contributed by atoms with Crippen LogP contribution in [0.3, 0.4) is 0 Å². The molecule has 0 heterocycles. The van der Waals surface area contributed by atoms with Crippen molar-refractivity contribution < 1.29 is 13.2 Å². The van der Waals surface area contributed by atoms with E-state index in [0.29, 0.717) is 5.56 Å². The Morgan fingerprint density at radius 3 is 2.33 bits per heavy atom. The first-order valence-electron chi connectivity index (χ1n) is 6.63. The van der Waals surface area contributed by atoms with E-state index in [1.165, 1.54) is 12.1 Å². The number of unbranched alkanes of at least 4 members (excludes halogenated alkanes) is 3. The van der Waals surface area contributed by atoms with E-state index in [2.05, 4.69) is 6.92 Å². The molecule has 102 valence electrons. The predicted molar refractivity (Wildman–Crippen MR) is 68.6 cm³/mol. The van der Waals surface area contributed by atoms with Crippen LogP contribution >= 0.6 is 0 Å². The van der Waals surface area contributed by atoms with Gasteiger partial charge < -0.3 is 0 Å². The van der Waals surface area contributed by atoms with Gasteiger partial charge in [-0.05, 0) is 24.0 Å². The Hall–Kier alpha value is -0.990. The average molecular weight is 258 g/mol.